The first-order valence-electron chi connectivity index (χ1n) is 4.76. The Balaban J connectivity index is 1.93. The zero-order valence-electron chi connectivity index (χ0n) is 8.51. The van der Waals surface area contributed by atoms with Crippen LogP contribution in [0, 0.1) is 0 Å². The van der Waals surface area contributed by atoms with Crippen LogP contribution in [0.2, 0.25) is 0 Å². The second-order valence-electron chi connectivity index (χ2n) is 3.45. The van der Waals surface area contributed by atoms with Crippen LogP contribution in [0.25, 0.3) is 0 Å². The van der Waals surface area contributed by atoms with Gasteiger partial charge in [-0.25, -0.2) is 0 Å². The molecule has 0 saturated heterocycles. The standard InChI is InChI=1S/C11H12N2OS/c1-13-5-4-9(12-13)7-10(14)8-11-3-2-6-15-11/h2-6H,7-8H2,1H3. The number of carbonyl (C=O) groups excluding carboxylic acids is 1. The largest absolute Gasteiger partial charge is 0.299 e. The molecule has 0 aliphatic rings. The van der Waals surface area contributed by atoms with Gasteiger partial charge in [0.25, 0.3) is 0 Å². The average molecular weight is 220 g/mol. The number of aromatic nitrogens is 2. The summed E-state index contributed by atoms with van der Waals surface area (Å²) in [5.41, 5.74) is 0.846. The smallest absolute Gasteiger partial charge is 0.144 e. The second kappa shape index (κ2) is 4.40. The molecule has 4 heteroatoms. The fourth-order valence-electron chi connectivity index (χ4n) is 1.43. The number of ketones is 1. The van der Waals surface area contributed by atoms with Crippen LogP contribution in [0.1, 0.15) is 10.6 Å². The molecule has 0 aromatic carbocycles. The Bertz CT molecular complexity index is 445. The molecule has 0 saturated carbocycles. The summed E-state index contributed by atoms with van der Waals surface area (Å²) in [5, 5.41) is 6.17. The Hall–Kier alpha value is -1.42. The van der Waals surface area contributed by atoms with E-state index in [1.165, 1.54) is 0 Å². The molecule has 2 aromatic heterocycles. The van der Waals surface area contributed by atoms with Crippen molar-refractivity contribution in [3.63, 3.8) is 0 Å². The molecule has 2 rings (SSSR count). The monoisotopic (exact) mass is 220 g/mol. The molecule has 2 heterocycles. The van der Waals surface area contributed by atoms with Crippen molar-refractivity contribution in [3.8, 4) is 0 Å². The molecule has 0 fully saturated rings. The molecule has 2 aromatic rings. The number of hydrogen-bond acceptors (Lipinski definition) is 3. The number of thiophene rings is 1. The average Bonchev–Trinajstić information content (AvgIpc) is 2.77. The fraction of sp³-hybridized carbons (Fsp3) is 0.273. The van der Waals surface area contributed by atoms with E-state index in [-0.39, 0.29) is 5.78 Å². The predicted octanol–water partition coefficient (Wildman–Crippen LogP) is 1.84. The highest BCUT2D eigenvalue weighted by atomic mass is 32.1. The van der Waals surface area contributed by atoms with Gasteiger partial charge in [-0.3, -0.25) is 9.48 Å². The highest BCUT2D eigenvalue weighted by molar-refractivity contribution is 7.10. The van der Waals surface area contributed by atoms with Crippen LogP contribution in [0.15, 0.2) is 29.8 Å². The fourth-order valence-corrected chi connectivity index (χ4v) is 2.16. The minimum absolute atomic E-state index is 0.219. The van der Waals surface area contributed by atoms with Crippen molar-refractivity contribution in [2.45, 2.75) is 12.8 Å². The van der Waals surface area contributed by atoms with E-state index < -0.39 is 0 Å². The van der Waals surface area contributed by atoms with E-state index >= 15 is 0 Å². The third kappa shape index (κ3) is 2.76. The van der Waals surface area contributed by atoms with Gasteiger partial charge in [0.15, 0.2) is 0 Å². The molecule has 78 valence electrons. The number of Topliss-reactive ketones (excluding diaryl/α,β-unsaturated/α-hetero) is 1. The number of hydrogen-bond donors (Lipinski definition) is 0. The van der Waals surface area contributed by atoms with Crippen LogP contribution in [0.3, 0.4) is 0 Å². The topological polar surface area (TPSA) is 34.9 Å². The van der Waals surface area contributed by atoms with Gasteiger partial charge in [0.1, 0.15) is 5.78 Å². The van der Waals surface area contributed by atoms with Crippen molar-refractivity contribution in [1.29, 1.82) is 0 Å². The Morgan fingerprint density at radius 1 is 1.47 bits per heavy atom. The zero-order valence-corrected chi connectivity index (χ0v) is 9.33. The normalized spacial score (nSPS) is 10.5. The van der Waals surface area contributed by atoms with E-state index in [1.807, 2.05) is 36.8 Å². The van der Waals surface area contributed by atoms with Crippen LogP contribution >= 0.6 is 11.3 Å². The molecule has 0 spiro atoms. The minimum Gasteiger partial charge on any atom is -0.299 e. The predicted molar refractivity (Wildman–Crippen MR) is 59.9 cm³/mol. The van der Waals surface area contributed by atoms with E-state index in [4.69, 9.17) is 0 Å². The van der Waals surface area contributed by atoms with Crippen LogP contribution < -0.4 is 0 Å². The van der Waals surface area contributed by atoms with Gasteiger partial charge in [0, 0.05) is 24.5 Å². The zero-order chi connectivity index (χ0) is 10.7. The van der Waals surface area contributed by atoms with Gasteiger partial charge in [0.05, 0.1) is 12.1 Å². The summed E-state index contributed by atoms with van der Waals surface area (Å²) in [6, 6.07) is 5.83. The summed E-state index contributed by atoms with van der Waals surface area (Å²) in [6.45, 7) is 0. The van der Waals surface area contributed by atoms with E-state index in [2.05, 4.69) is 5.10 Å². The lowest BCUT2D eigenvalue weighted by molar-refractivity contribution is -0.117. The highest BCUT2D eigenvalue weighted by Crippen LogP contribution is 2.10. The Morgan fingerprint density at radius 2 is 2.33 bits per heavy atom. The van der Waals surface area contributed by atoms with Crippen molar-refractivity contribution >= 4 is 17.1 Å². The maximum atomic E-state index is 11.6. The number of nitrogens with zero attached hydrogens (tertiary/aromatic N) is 2. The van der Waals surface area contributed by atoms with Crippen molar-refractivity contribution in [2.24, 2.45) is 7.05 Å². The van der Waals surface area contributed by atoms with Gasteiger partial charge in [0.2, 0.25) is 0 Å². The summed E-state index contributed by atoms with van der Waals surface area (Å²) < 4.78 is 1.72. The van der Waals surface area contributed by atoms with Gasteiger partial charge >= 0.3 is 0 Å². The summed E-state index contributed by atoms with van der Waals surface area (Å²) >= 11 is 1.62. The molecule has 0 aliphatic heterocycles. The molecule has 15 heavy (non-hydrogen) atoms. The first kappa shape index (κ1) is 10.1. The van der Waals surface area contributed by atoms with Crippen molar-refractivity contribution in [1.82, 2.24) is 9.78 Å². The Labute approximate surface area is 92.4 Å². The van der Waals surface area contributed by atoms with Crippen molar-refractivity contribution in [2.75, 3.05) is 0 Å². The van der Waals surface area contributed by atoms with Gasteiger partial charge in [-0.1, -0.05) is 6.07 Å². The Kier molecular flexibility index (Phi) is 2.97. The Morgan fingerprint density at radius 3 is 2.93 bits per heavy atom. The molecule has 0 atom stereocenters. The van der Waals surface area contributed by atoms with Crippen LogP contribution in [-0.2, 0) is 24.7 Å². The third-order valence-corrected chi connectivity index (χ3v) is 2.98. The number of aryl methyl sites for hydroxylation is 1. The highest BCUT2D eigenvalue weighted by Gasteiger charge is 2.07. The minimum atomic E-state index is 0.219. The second-order valence-corrected chi connectivity index (χ2v) is 4.48. The first-order chi connectivity index (χ1) is 7.24. The van der Waals surface area contributed by atoms with Crippen molar-refractivity contribution in [3.05, 3.63) is 40.3 Å². The SMILES string of the molecule is Cn1ccc(CC(=O)Cc2cccs2)n1. The van der Waals surface area contributed by atoms with E-state index in [1.54, 1.807) is 16.0 Å². The van der Waals surface area contributed by atoms with Crippen molar-refractivity contribution < 1.29 is 4.79 Å². The molecule has 0 unspecified atom stereocenters. The van der Waals surface area contributed by atoms with Gasteiger partial charge in [-0.05, 0) is 17.5 Å². The molecule has 0 aliphatic carbocycles. The number of carbonyl (C=O) groups is 1. The molecular formula is C11H12N2OS. The first-order valence-corrected chi connectivity index (χ1v) is 5.64. The molecular weight excluding hydrogens is 208 g/mol. The summed E-state index contributed by atoms with van der Waals surface area (Å²) in [6.07, 6.45) is 2.81. The molecule has 3 nitrogen and oxygen atoms in total. The maximum absolute atomic E-state index is 11.6. The van der Waals surface area contributed by atoms with E-state index in [9.17, 15) is 4.79 Å². The van der Waals surface area contributed by atoms with E-state index in [0.29, 0.717) is 12.8 Å². The summed E-state index contributed by atoms with van der Waals surface area (Å²) in [7, 11) is 1.85. The van der Waals surface area contributed by atoms with Gasteiger partial charge in [-0.15, -0.1) is 11.3 Å². The molecule has 0 bridgehead atoms. The lowest BCUT2D eigenvalue weighted by Gasteiger charge is -1.95. The molecule has 0 radical (unpaired) electrons. The van der Waals surface area contributed by atoms with E-state index in [0.717, 1.165) is 10.6 Å². The molecule has 0 N–H and O–H groups in total. The van der Waals surface area contributed by atoms with Gasteiger partial charge < -0.3 is 0 Å². The molecule has 0 amide bonds. The quantitative estimate of drug-likeness (QED) is 0.788. The third-order valence-electron chi connectivity index (χ3n) is 2.10. The number of rotatable bonds is 4. The van der Waals surface area contributed by atoms with Gasteiger partial charge in [-0.2, -0.15) is 5.10 Å². The van der Waals surface area contributed by atoms with Crippen LogP contribution in [0.4, 0.5) is 0 Å². The lowest BCUT2D eigenvalue weighted by Crippen LogP contribution is -2.06. The van der Waals surface area contributed by atoms with Crippen LogP contribution in [-0.4, -0.2) is 15.6 Å². The maximum Gasteiger partial charge on any atom is 0.144 e. The van der Waals surface area contributed by atoms with Crippen LogP contribution in [0.5, 0.6) is 0 Å². The lowest BCUT2D eigenvalue weighted by atomic mass is 10.1. The summed E-state index contributed by atoms with van der Waals surface area (Å²) in [5.74, 6) is 0.219. The summed E-state index contributed by atoms with van der Waals surface area (Å²) in [4.78, 5) is 12.8.